The first kappa shape index (κ1) is 13.3. The second-order valence-corrected chi connectivity index (χ2v) is 6.18. The largest absolute Gasteiger partial charge is 0.0616 e. The average Bonchev–Trinajstić information content (AvgIpc) is 2.88. The van der Waals surface area contributed by atoms with Crippen LogP contribution in [0.25, 0.3) is 21.9 Å². The molecule has 0 bridgehead atoms. The summed E-state index contributed by atoms with van der Waals surface area (Å²) in [6, 6.07) is 19.7. The van der Waals surface area contributed by atoms with Gasteiger partial charge in [0.05, 0.1) is 0 Å². The molecular weight excluding hydrogens is 264 g/mol. The van der Waals surface area contributed by atoms with Gasteiger partial charge < -0.3 is 0 Å². The highest BCUT2D eigenvalue weighted by molar-refractivity contribution is 6.08. The first-order chi connectivity index (χ1) is 10.7. The highest BCUT2D eigenvalue weighted by atomic mass is 14.3. The molecule has 0 nitrogen and oxygen atoms in total. The molecule has 0 aliphatic heterocycles. The van der Waals surface area contributed by atoms with E-state index in [1.807, 2.05) is 0 Å². The van der Waals surface area contributed by atoms with Crippen molar-refractivity contribution < 1.29 is 0 Å². The van der Waals surface area contributed by atoms with Crippen LogP contribution in [0.4, 0.5) is 0 Å². The molecule has 0 heterocycles. The maximum Gasteiger partial charge on any atom is 0.0214 e. The summed E-state index contributed by atoms with van der Waals surface area (Å²) < 4.78 is 0. The fraction of sp³-hybridized carbons (Fsp3) is 0.136. The third-order valence-corrected chi connectivity index (χ3v) is 4.93. The maximum absolute atomic E-state index is 2.35. The number of fused-ring (bicyclic) bond motifs is 2. The summed E-state index contributed by atoms with van der Waals surface area (Å²) in [5.74, 6) is 0. The Hall–Kier alpha value is -2.34. The molecule has 0 spiro atoms. The summed E-state index contributed by atoms with van der Waals surface area (Å²) in [4.78, 5) is 0. The number of allylic oxidation sites excluding steroid dienone is 2. The van der Waals surface area contributed by atoms with Crippen LogP contribution in [0.1, 0.15) is 34.7 Å². The Morgan fingerprint density at radius 1 is 0.727 bits per heavy atom. The van der Waals surface area contributed by atoms with E-state index in [9.17, 15) is 0 Å². The molecule has 3 aromatic carbocycles. The van der Waals surface area contributed by atoms with Crippen molar-refractivity contribution in [3.8, 4) is 0 Å². The molecule has 1 aliphatic carbocycles. The van der Waals surface area contributed by atoms with Gasteiger partial charge in [-0.2, -0.15) is 0 Å². The van der Waals surface area contributed by atoms with Crippen LogP contribution >= 0.6 is 0 Å². The Labute approximate surface area is 132 Å². The molecule has 0 unspecified atom stereocenters. The quantitative estimate of drug-likeness (QED) is 0.517. The van der Waals surface area contributed by atoms with Gasteiger partial charge in [-0.1, -0.05) is 54.6 Å². The van der Waals surface area contributed by atoms with Crippen molar-refractivity contribution in [2.45, 2.75) is 20.8 Å². The van der Waals surface area contributed by atoms with Crippen molar-refractivity contribution in [1.29, 1.82) is 0 Å². The highest BCUT2D eigenvalue weighted by Crippen LogP contribution is 2.43. The molecule has 0 heteroatoms. The Bertz CT molecular complexity index is 921. The lowest BCUT2D eigenvalue weighted by molar-refractivity contribution is 1.30. The number of hydrogen-bond acceptors (Lipinski definition) is 0. The Morgan fingerprint density at radius 2 is 1.50 bits per heavy atom. The van der Waals surface area contributed by atoms with Crippen LogP contribution in [0.3, 0.4) is 0 Å². The zero-order valence-corrected chi connectivity index (χ0v) is 13.3. The standard InChI is InChI=1S/C22H19/c1-14-11-12-18-13-21(16(3)22(18)15(14)2)20-10-6-8-17-7-4-5-9-19(17)20/h4-13H,1-3H3. The minimum Gasteiger partial charge on any atom is -0.0616 e. The van der Waals surface area contributed by atoms with Crippen molar-refractivity contribution in [2.24, 2.45) is 0 Å². The molecule has 0 aromatic heterocycles. The molecule has 22 heavy (non-hydrogen) atoms. The van der Waals surface area contributed by atoms with E-state index in [0.717, 1.165) is 0 Å². The van der Waals surface area contributed by atoms with Crippen LogP contribution in [0.2, 0.25) is 0 Å². The van der Waals surface area contributed by atoms with Gasteiger partial charge in [-0.15, -0.1) is 0 Å². The van der Waals surface area contributed by atoms with Crippen molar-refractivity contribution in [1.82, 2.24) is 0 Å². The van der Waals surface area contributed by atoms with Crippen LogP contribution in [0.5, 0.6) is 0 Å². The summed E-state index contributed by atoms with van der Waals surface area (Å²) in [5, 5.41) is 2.63. The maximum atomic E-state index is 2.35. The van der Waals surface area contributed by atoms with Crippen LogP contribution in [0, 0.1) is 20.3 Å². The molecular formula is C22H19. The molecule has 0 saturated heterocycles. The van der Waals surface area contributed by atoms with Gasteiger partial charge in [0.2, 0.25) is 0 Å². The summed E-state index contributed by atoms with van der Waals surface area (Å²) in [7, 11) is 0. The van der Waals surface area contributed by atoms with Gasteiger partial charge in [-0.05, 0) is 70.5 Å². The normalized spacial score (nSPS) is 13.8. The van der Waals surface area contributed by atoms with E-state index in [1.165, 1.54) is 49.7 Å². The van der Waals surface area contributed by atoms with Crippen molar-refractivity contribution in [3.63, 3.8) is 0 Å². The molecule has 3 aromatic rings. The van der Waals surface area contributed by atoms with E-state index in [0.29, 0.717) is 0 Å². The van der Waals surface area contributed by atoms with Gasteiger partial charge in [0.1, 0.15) is 0 Å². The highest BCUT2D eigenvalue weighted by Gasteiger charge is 2.23. The Balaban J connectivity index is 1.97. The van der Waals surface area contributed by atoms with Gasteiger partial charge in [0.15, 0.2) is 0 Å². The molecule has 0 atom stereocenters. The minimum absolute atomic E-state index is 1.30. The van der Waals surface area contributed by atoms with E-state index in [1.54, 1.807) is 0 Å². The van der Waals surface area contributed by atoms with E-state index in [4.69, 9.17) is 0 Å². The Kier molecular flexibility index (Phi) is 2.94. The molecule has 0 N–H and O–H groups in total. The zero-order valence-electron chi connectivity index (χ0n) is 13.3. The average molecular weight is 283 g/mol. The topological polar surface area (TPSA) is 0 Å². The second-order valence-electron chi connectivity index (χ2n) is 6.18. The van der Waals surface area contributed by atoms with Crippen molar-refractivity contribution >= 4 is 21.9 Å². The second kappa shape index (κ2) is 4.84. The van der Waals surface area contributed by atoms with E-state index >= 15 is 0 Å². The molecule has 4 rings (SSSR count). The summed E-state index contributed by atoms with van der Waals surface area (Å²) >= 11 is 0. The monoisotopic (exact) mass is 283 g/mol. The molecule has 0 amide bonds. The summed E-state index contributed by atoms with van der Waals surface area (Å²) in [6.07, 6.45) is 2.35. The smallest absolute Gasteiger partial charge is 0.0214 e. The first-order valence-corrected chi connectivity index (χ1v) is 7.81. The van der Waals surface area contributed by atoms with Crippen LogP contribution in [-0.4, -0.2) is 0 Å². The number of hydrogen-bond donors (Lipinski definition) is 0. The SMILES string of the molecule is CC1=C(c2cccc3ccccc23)[CH]c2ccc(C)c(C)c21. The van der Waals surface area contributed by atoms with E-state index in [2.05, 4.69) is 81.8 Å². The van der Waals surface area contributed by atoms with Gasteiger partial charge in [-0.25, -0.2) is 0 Å². The lowest BCUT2D eigenvalue weighted by atomic mass is 9.94. The predicted molar refractivity (Wildman–Crippen MR) is 95.8 cm³/mol. The third-order valence-electron chi connectivity index (χ3n) is 4.93. The van der Waals surface area contributed by atoms with Crippen molar-refractivity contribution in [3.05, 3.63) is 88.8 Å². The summed E-state index contributed by atoms with van der Waals surface area (Å²) in [5.41, 5.74) is 9.63. The molecule has 107 valence electrons. The van der Waals surface area contributed by atoms with Gasteiger partial charge in [-0.3, -0.25) is 0 Å². The Morgan fingerprint density at radius 3 is 2.36 bits per heavy atom. The zero-order chi connectivity index (χ0) is 15.3. The number of aryl methyl sites for hydroxylation is 1. The fourth-order valence-corrected chi connectivity index (χ4v) is 3.59. The minimum atomic E-state index is 1.30. The van der Waals surface area contributed by atoms with Gasteiger partial charge in [0, 0.05) is 6.42 Å². The summed E-state index contributed by atoms with van der Waals surface area (Å²) in [6.45, 7) is 6.68. The lowest BCUT2D eigenvalue weighted by Gasteiger charge is -2.10. The third kappa shape index (κ3) is 1.84. The lowest BCUT2D eigenvalue weighted by Crippen LogP contribution is -1.90. The van der Waals surface area contributed by atoms with E-state index in [-0.39, 0.29) is 0 Å². The van der Waals surface area contributed by atoms with Crippen LogP contribution in [-0.2, 0) is 0 Å². The van der Waals surface area contributed by atoms with Gasteiger partial charge >= 0.3 is 0 Å². The molecule has 1 radical (unpaired) electrons. The fourth-order valence-electron chi connectivity index (χ4n) is 3.59. The van der Waals surface area contributed by atoms with Crippen LogP contribution < -0.4 is 0 Å². The van der Waals surface area contributed by atoms with Gasteiger partial charge in [0.25, 0.3) is 0 Å². The van der Waals surface area contributed by atoms with Crippen LogP contribution in [0.15, 0.2) is 54.6 Å². The van der Waals surface area contributed by atoms with E-state index < -0.39 is 0 Å². The molecule has 1 aliphatic rings. The van der Waals surface area contributed by atoms with Crippen molar-refractivity contribution in [2.75, 3.05) is 0 Å². The number of benzene rings is 3. The predicted octanol–water partition coefficient (Wildman–Crippen LogP) is 5.95. The molecule has 0 saturated carbocycles. The molecule has 0 fully saturated rings. The number of rotatable bonds is 1. The first-order valence-electron chi connectivity index (χ1n) is 7.81.